The van der Waals surface area contributed by atoms with Crippen LogP contribution in [0.5, 0.6) is 5.75 Å². The number of carbonyl (C=O) groups is 2. The van der Waals surface area contributed by atoms with Crippen molar-refractivity contribution in [3.05, 3.63) is 69.0 Å². The molecule has 286 valence electrons. The Balaban J connectivity index is 1.20. The fourth-order valence-corrected chi connectivity index (χ4v) is 8.66. The maximum absolute atomic E-state index is 16.5. The number of hydrogen-bond acceptors (Lipinski definition) is 10. The number of fused-ring (bicyclic) bond motifs is 3. The Labute approximate surface area is 324 Å². The number of amides is 1. The summed E-state index contributed by atoms with van der Waals surface area (Å²) in [6, 6.07) is 10.2. The SMILES string of the molecule is COC(=O)c1cc(F)c(-c2cc(B3OC(C)(C)C(C)(C)O3)cc3c2OCN(C(=O)c2c(Cl)cc(N4CC(OC)C4)cc2Cl)C3)cc1N1C2CCC1COC2. The zero-order valence-electron chi connectivity index (χ0n) is 31.2. The predicted octanol–water partition coefficient (Wildman–Crippen LogP) is 6.08. The number of halogens is 3. The van der Waals surface area contributed by atoms with Crippen molar-refractivity contribution in [1.82, 2.24) is 4.90 Å². The maximum atomic E-state index is 16.5. The average molecular weight is 783 g/mol. The van der Waals surface area contributed by atoms with Crippen LogP contribution in [0.4, 0.5) is 15.8 Å². The second kappa shape index (κ2) is 13.9. The van der Waals surface area contributed by atoms with Crippen LogP contribution in [0.15, 0.2) is 36.4 Å². The van der Waals surface area contributed by atoms with E-state index in [4.69, 9.17) is 51.5 Å². The number of nitrogens with zero attached hydrogens (tertiary/aromatic N) is 3. The molecule has 0 saturated carbocycles. The van der Waals surface area contributed by atoms with Crippen LogP contribution in [0.1, 0.15) is 66.8 Å². The monoisotopic (exact) mass is 781 g/mol. The van der Waals surface area contributed by atoms with Gasteiger partial charge in [0.2, 0.25) is 0 Å². The molecule has 15 heteroatoms. The summed E-state index contributed by atoms with van der Waals surface area (Å²) >= 11 is 13.5. The molecular weight excluding hydrogens is 739 g/mol. The number of morpholine rings is 1. The summed E-state index contributed by atoms with van der Waals surface area (Å²) in [4.78, 5) is 33.0. The van der Waals surface area contributed by atoms with E-state index in [1.807, 2.05) is 39.8 Å². The van der Waals surface area contributed by atoms with E-state index in [2.05, 4.69) is 9.80 Å². The summed E-state index contributed by atoms with van der Waals surface area (Å²) in [7, 11) is 2.16. The molecule has 8 rings (SSSR count). The van der Waals surface area contributed by atoms with E-state index in [0.29, 0.717) is 54.3 Å². The number of ether oxygens (including phenoxy) is 4. The van der Waals surface area contributed by atoms with Crippen molar-refractivity contribution in [2.24, 2.45) is 0 Å². The molecule has 0 aliphatic carbocycles. The lowest BCUT2D eigenvalue weighted by Crippen LogP contribution is -2.51. The minimum absolute atomic E-state index is 0.0344. The molecule has 0 N–H and O–H groups in total. The molecule has 2 bridgehead atoms. The van der Waals surface area contributed by atoms with Gasteiger partial charge in [0, 0.05) is 42.6 Å². The Hall–Kier alpha value is -3.59. The summed E-state index contributed by atoms with van der Waals surface area (Å²) in [6.07, 6.45) is 1.91. The molecule has 11 nitrogen and oxygen atoms in total. The highest BCUT2D eigenvalue weighted by Crippen LogP contribution is 2.45. The number of benzene rings is 3. The molecule has 5 aliphatic heterocycles. The van der Waals surface area contributed by atoms with E-state index in [1.165, 1.54) is 18.1 Å². The van der Waals surface area contributed by atoms with E-state index in [9.17, 15) is 9.59 Å². The third-order valence-corrected chi connectivity index (χ3v) is 12.4. The van der Waals surface area contributed by atoms with Crippen LogP contribution in [0.25, 0.3) is 11.1 Å². The standard InChI is InChI=1S/C39H43BCl2FN3O8/c1-38(2)39(3,4)54-40(53-38)22-9-21-15-45(36(47)34-30(41)11-25(12-31(34)42)44-16-26(17-44)49-5)20-52-35(21)28(10-22)27-14-33(29(13-32(27)43)37(48)50-6)46-23-7-8-24(46)19-51-18-23/h9-14,23-24,26H,7-8,15-20H2,1-6H3. The van der Waals surface area contributed by atoms with Crippen LogP contribution in [0.2, 0.25) is 10.0 Å². The first kappa shape index (κ1) is 37.3. The summed E-state index contributed by atoms with van der Waals surface area (Å²) in [6.45, 7) is 10.2. The molecule has 4 fully saturated rings. The minimum Gasteiger partial charge on any atom is -0.472 e. The Morgan fingerprint density at radius 1 is 0.907 bits per heavy atom. The lowest BCUT2D eigenvalue weighted by molar-refractivity contribution is 0.00578. The lowest BCUT2D eigenvalue weighted by atomic mass is 9.76. The van der Waals surface area contributed by atoms with E-state index in [0.717, 1.165) is 18.5 Å². The summed E-state index contributed by atoms with van der Waals surface area (Å²) < 4.78 is 52.1. The molecular formula is C39H43BCl2FN3O8. The number of rotatable bonds is 7. The van der Waals surface area contributed by atoms with E-state index in [1.54, 1.807) is 25.3 Å². The number of methoxy groups -OCH3 is 2. The topological polar surface area (TPSA) is 99.2 Å². The zero-order valence-corrected chi connectivity index (χ0v) is 32.7. The number of anilines is 2. The van der Waals surface area contributed by atoms with Crippen molar-refractivity contribution in [3.8, 4) is 16.9 Å². The molecule has 4 saturated heterocycles. The maximum Gasteiger partial charge on any atom is 0.494 e. The van der Waals surface area contributed by atoms with Crippen LogP contribution < -0.4 is 20.0 Å². The Bertz CT molecular complexity index is 1970. The molecule has 0 radical (unpaired) electrons. The van der Waals surface area contributed by atoms with Crippen molar-refractivity contribution >= 4 is 59.0 Å². The van der Waals surface area contributed by atoms with Crippen molar-refractivity contribution in [3.63, 3.8) is 0 Å². The smallest absolute Gasteiger partial charge is 0.472 e. The van der Waals surface area contributed by atoms with Gasteiger partial charge in [-0.3, -0.25) is 4.79 Å². The molecule has 2 atom stereocenters. The van der Waals surface area contributed by atoms with Gasteiger partial charge in [-0.1, -0.05) is 35.3 Å². The fraction of sp³-hybridized carbons (Fsp3) is 0.487. The zero-order chi connectivity index (χ0) is 38.3. The van der Waals surface area contributed by atoms with Crippen LogP contribution in [-0.4, -0.2) is 101 Å². The molecule has 5 aliphatic rings. The molecule has 0 aromatic heterocycles. The molecule has 2 unspecified atom stereocenters. The van der Waals surface area contributed by atoms with E-state index >= 15 is 4.39 Å². The molecule has 0 spiro atoms. The van der Waals surface area contributed by atoms with Crippen molar-refractivity contribution < 1.29 is 42.2 Å². The summed E-state index contributed by atoms with van der Waals surface area (Å²) in [5.74, 6) is -1.28. The third kappa shape index (κ3) is 6.30. The van der Waals surface area contributed by atoms with E-state index < -0.39 is 36.0 Å². The second-order valence-corrected chi connectivity index (χ2v) is 16.5. The van der Waals surface area contributed by atoms with Gasteiger partial charge in [-0.25, -0.2) is 9.18 Å². The quantitative estimate of drug-likeness (QED) is 0.207. The minimum atomic E-state index is -0.798. The van der Waals surface area contributed by atoms with Crippen LogP contribution in [0.3, 0.4) is 0 Å². The van der Waals surface area contributed by atoms with Gasteiger partial charge in [-0.2, -0.15) is 0 Å². The third-order valence-electron chi connectivity index (χ3n) is 11.8. The number of esters is 1. The highest BCUT2D eigenvalue weighted by molar-refractivity contribution is 6.62. The van der Waals surface area contributed by atoms with Crippen LogP contribution in [0, 0.1) is 5.82 Å². The number of hydrogen-bond donors (Lipinski definition) is 0. The number of carbonyl (C=O) groups excluding carboxylic acids is 2. The largest absolute Gasteiger partial charge is 0.494 e. The predicted molar refractivity (Wildman–Crippen MR) is 204 cm³/mol. The van der Waals surface area contributed by atoms with Crippen LogP contribution in [-0.2, 0) is 30.1 Å². The van der Waals surface area contributed by atoms with Gasteiger partial charge in [-0.05, 0) is 70.3 Å². The van der Waals surface area contributed by atoms with Gasteiger partial charge in [-0.15, -0.1) is 0 Å². The van der Waals surface area contributed by atoms with Gasteiger partial charge < -0.3 is 43.0 Å². The highest BCUT2D eigenvalue weighted by Gasteiger charge is 2.52. The Morgan fingerprint density at radius 3 is 2.17 bits per heavy atom. The second-order valence-electron chi connectivity index (χ2n) is 15.6. The van der Waals surface area contributed by atoms with Crippen molar-refractivity contribution in [2.75, 3.05) is 57.1 Å². The molecule has 54 heavy (non-hydrogen) atoms. The summed E-state index contributed by atoms with van der Waals surface area (Å²) in [5, 5.41) is 0.441. The first-order valence-corrected chi connectivity index (χ1v) is 18.9. The lowest BCUT2D eigenvalue weighted by Gasteiger charge is -2.40. The van der Waals surface area contributed by atoms with Gasteiger partial charge in [0.05, 0.1) is 83.1 Å². The van der Waals surface area contributed by atoms with Gasteiger partial charge in [0.15, 0.2) is 6.73 Å². The van der Waals surface area contributed by atoms with Crippen LogP contribution >= 0.6 is 23.2 Å². The molecule has 5 heterocycles. The first-order valence-electron chi connectivity index (χ1n) is 18.2. The van der Waals surface area contributed by atoms with Gasteiger partial charge in [0.25, 0.3) is 5.91 Å². The summed E-state index contributed by atoms with van der Waals surface area (Å²) in [5.41, 5.74) is 2.26. The van der Waals surface area contributed by atoms with Crippen molar-refractivity contribution in [2.45, 2.75) is 76.5 Å². The fourth-order valence-electron chi connectivity index (χ4n) is 8.02. The van der Waals surface area contributed by atoms with E-state index in [-0.39, 0.29) is 58.2 Å². The Morgan fingerprint density at radius 2 is 1.56 bits per heavy atom. The highest BCUT2D eigenvalue weighted by atomic mass is 35.5. The Kier molecular flexibility index (Phi) is 9.59. The normalized spacial score (nSPS) is 22.9. The van der Waals surface area contributed by atoms with Gasteiger partial charge >= 0.3 is 13.1 Å². The molecule has 3 aromatic carbocycles. The first-order chi connectivity index (χ1) is 25.7. The average Bonchev–Trinajstić information content (AvgIpc) is 3.49. The molecule has 3 aromatic rings. The van der Waals surface area contributed by atoms with Crippen molar-refractivity contribution in [1.29, 1.82) is 0 Å². The van der Waals surface area contributed by atoms with Gasteiger partial charge in [0.1, 0.15) is 11.6 Å². The molecule has 1 amide bonds.